The summed E-state index contributed by atoms with van der Waals surface area (Å²) in [6.07, 6.45) is 41.0. The fourth-order valence-corrected chi connectivity index (χ4v) is 6.23. The first kappa shape index (κ1) is 51.9. The zero-order valence-electron chi connectivity index (χ0n) is 34.9. The van der Waals surface area contributed by atoms with Crippen LogP contribution in [0.15, 0.2) is 60.8 Å². The molecule has 0 spiro atoms. The van der Waals surface area contributed by atoms with Gasteiger partial charge in [0.1, 0.15) is 13.2 Å². The van der Waals surface area contributed by atoms with E-state index in [4.69, 9.17) is 9.05 Å². The lowest BCUT2D eigenvalue weighted by atomic mass is 10.0. The van der Waals surface area contributed by atoms with Crippen LogP contribution < -0.4 is 10.2 Å². The van der Waals surface area contributed by atoms with Gasteiger partial charge in [0.05, 0.1) is 39.9 Å². The number of allylic oxidation sites excluding steroid dienone is 9. The Morgan fingerprint density at radius 3 is 1.89 bits per heavy atom. The van der Waals surface area contributed by atoms with E-state index in [0.29, 0.717) is 23.9 Å². The summed E-state index contributed by atoms with van der Waals surface area (Å²) in [7, 11) is 1.18. The Balaban J connectivity index is 4.64. The summed E-state index contributed by atoms with van der Waals surface area (Å²) in [5, 5.41) is 13.7. The molecule has 9 nitrogen and oxygen atoms in total. The van der Waals surface area contributed by atoms with E-state index in [0.717, 1.165) is 57.8 Å². The molecule has 0 aromatic rings. The van der Waals surface area contributed by atoms with Crippen LogP contribution in [-0.2, 0) is 23.2 Å². The number of aliphatic hydroxyl groups excluding tert-OH is 1. The lowest BCUT2D eigenvalue weighted by molar-refractivity contribution is -0.870. The van der Waals surface area contributed by atoms with Crippen molar-refractivity contribution >= 4 is 19.5 Å². The number of amides is 1. The monoisotopic (exact) mass is 779 g/mol. The number of carbonyl (C=O) groups is 2. The molecule has 0 aromatic carbocycles. The van der Waals surface area contributed by atoms with Gasteiger partial charge in [0.15, 0.2) is 5.78 Å². The molecular weight excluding hydrogens is 699 g/mol. The van der Waals surface area contributed by atoms with Crippen LogP contribution in [0.2, 0.25) is 0 Å². The van der Waals surface area contributed by atoms with Gasteiger partial charge in [-0.1, -0.05) is 152 Å². The minimum absolute atomic E-state index is 0.0246. The fourth-order valence-electron chi connectivity index (χ4n) is 5.51. The van der Waals surface area contributed by atoms with Crippen LogP contribution >= 0.6 is 7.82 Å². The van der Waals surface area contributed by atoms with Gasteiger partial charge < -0.3 is 28.8 Å². The normalized spacial score (nSPS) is 14.9. The molecule has 0 aromatic heterocycles. The molecular formula is C44H79N2O7P. The van der Waals surface area contributed by atoms with Crippen LogP contribution in [0.3, 0.4) is 0 Å². The predicted octanol–water partition coefficient (Wildman–Crippen LogP) is 10.0. The molecule has 312 valence electrons. The first-order valence-electron chi connectivity index (χ1n) is 21.1. The van der Waals surface area contributed by atoms with Crippen molar-refractivity contribution in [3.05, 3.63) is 60.8 Å². The zero-order chi connectivity index (χ0) is 40.2. The second-order valence-electron chi connectivity index (χ2n) is 15.4. The maximum Gasteiger partial charge on any atom is 0.268 e. The van der Waals surface area contributed by atoms with Crippen molar-refractivity contribution in [1.29, 1.82) is 0 Å². The number of ketones is 1. The Labute approximate surface area is 330 Å². The number of nitrogens with one attached hydrogen (secondary N) is 1. The molecule has 0 saturated carbocycles. The molecule has 0 heterocycles. The summed E-state index contributed by atoms with van der Waals surface area (Å²) in [6.45, 7) is 4.41. The number of rotatable bonds is 37. The Morgan fingerprint density at radius 1 is 0.704 bits per heavy atom. The molecule has 2 N–H and O–H groups in total. The number of aliphatic hydroxyl groups is 1. The van der Waals surface area contributed by atoms with Gasteiger partial charge >= 0.3 is 0 Å². The topological polar surface area (TPSA) is 125 Å². The van der Waals surface area contributed by atoms with Gasteiger partial charge in [-0.2, -0.15) is 0 Å². The minimum Gasteiger partial charge on any atom is -0.756 e. The molecule has 54 heavy (non-hydrogen) atoms. The van der Waals surface area contributed by atoms with E-state index in [1.165, 1.54) is 64.2 Å². The number of quaternary nitrogens is 1. The van der Waals surface area contributed by atoms with Crippen molar-refractivity contribution in [2.75, 3.05) is 40.9 Å². The minimum atomic E-state index is -4.62. The van der Waals surface area contributed by atoms with Gasteiger partial charge in [0.2, 0.25) is 5.91 Å². The average molecular weight is 779 g/mol. The highest BCUT2D eigenvalue weighted by molar-refractivity contribution is 7.45. The average Bonchev–Trinajstić information content (AvgIpc) is 3.11. The molecule has 1 amide bonds. The highest BCUT2D eigenvalue weighted by Crippen LogP contribution is 2.38. The van der Waals surface area contributed by atoms with Crippen LogP contribution in [0.1, 0.15) is 155 Å². The highest BCUT2D eigenvalue weighted by Gasteiger charge is 2.23. The van der Waals surface area contributed by atoms with Crippen molar-refractivity contribution in [3.8, 4) is 0 Å². The molecule has 0 rings (SSSR count). The van der Waals surface area contributed by atoms with Crippen molar-refractivity contribution in [3.63, 3.8) is 0 Å². The quantitative estimate of drug-likeness (QED) is 0.0161. The van der Waals surface area contributed by atoms with Gasteiger partial charge in [-0.05, 0) is 51.0 Å². The van der Waals surface area contributed by atoms with Crippen LogP contribution in [0.25, 0.3) is 0 Å². The third-order valence-electron chi connectivity index (χ3n) is 8.95. The summed E-state index contributed by atoms with van der Waals surface area (Å²) < 4.78 is 23.1. The van der Waals surface area contributed by atoms with Crippen LogP contribution in [-0.4, -0.2) is 74.3 Å². The third kappa shape index (κ3) is 36.8. The molecule has 0 saturated heterocycles. The van der Waals surface area contributed by atoms with E-state index in [-0.39, 0.29) is 24.7 Å². The molecule has 10 heteroatoms. The van der Waals surface area contributed by atoms with E-state index in [2.05, 4.69) is 37.4 Å². The van der Waals surface area contributed by atoms with Gasteiger partial charge in [0, 0.05) is 12.8 Å². The smallest absolute Gasteiger partial charge is 0.268 e. The fraction of sp³-hybridized carbons (Fsp3) is 0.727. The number of hydrogen-bond donors (Lipinski definition) is 2. The second-order valence-corrected chi connectivity index (χ2v) is 16.8. The largest absolute Gasteiger partial charge is 0.756 e. The number of likely N-dealkylation sites (N-methyl/N-ethyl adjacent to an activating group) is 1. The van der Waals surface area contributed by atoms with Crippen LogP contribution in [0.4, 0.5) is 0 Å². The third-order valence-corrected chi connectivity index (χ3v) is 9.91. The van der Waals surface area contributed by atoms with Gasteiger partial charge in [-0.25, -0.2) is 0 Å². The van der Waals surface area contributed by atoms with Crippen LogP contribution in [0, 0.1) is 0 Å². The number of hydrogen-bond acceptors (Lipinski definition) is 7. The van der Waals surface area contributed by atoms with Crippen molar-refractivity contribution in [2.24, 2.45) is 0 Å². The van der Waals surface area contributed by atoms with E-state index in [1.54, 1.807) is 18.2 Å². The molecule has 0 radical (unpaired) electrons. The molecule has 3 atom stereocenters. The van der Waals surface area contributed by atoms with E-state index in [9.17, 15) is 24.2 Å². The van der Waals surface area contributed by atoms with Gasteiger partial charge in [0.25, 0.3) is 7.82 Å². The highest BCUT2D eigenvalue weighted by atomic mass is 31.2. The molecule has 0 aliphatic heterocycles. The maximum atomic E-state index is 12.8. The van der Waals surface area contributed by atoms with E-state index < -0.39 is 26.6 Å². The van der Waals surface area contributed by atoms with Crippen molar-refractivity contribution in [1.82, 2.24) is 5.32 Å². The zero-order valence-corrected chi connectivity index (χ0v) is 35.8. The standard InChI is InChI=1S/C44H79N2O7P/c1-6-8-10-11-12-13-14-15-16-19-22-25-28-32-36-43(48)42(40-53-54(50,51)52-39-38-46(3,4)5)45-44(49)37-33-29-26-23-20-17-18-21-24-27-31-35-41(47)34-30-9-7-2/h17-18,23-24,26-27,31-32,35-36,42-43,48H,6-16,19-22,25,28-30,33-34,37-40H2,1-5H3,(H-,45,49,50,51)/b18-17-,26-23-,27-24-,35-31+,36-32+/t42-,43+/m0/s1. The SMILES string of the molecule is CCCCCCCCCCCCCC/C=C/[C@@H](O)[C@H](COP(=O)([O-])OCC[N+](C)(C)C)NC(=O)CCC/C=C\C/C=C\C/C=C\C=C\C(=O)CCCCC. The summed E-state index contributed by atoms with van der Waals surface area (Å²) in [5.74, 6) is -0.103. The summed E-state index contributed by atoms with van der Waals surface area (Å²) in [6, 6.07) is -0.934. The molecule has 0 aliphatic carbocycles. The number of phosphoric acid groups is 1. The number of unbranched alkanes of at least 4 members (excludes halogenated alkanes) is 15. The first-order chi connectivity index (χ1) is 25.9. The Bertz CT molecular complexity index is 1130. The maximum absolute atomic E-state index is 12.8. The Morgan fingerprint density at radius 2 is 1.26 bits per heavy atom. The summed E-state index contributed by atoms with van der Waals surface area (Å²) >= 11 is 0. The van der Waals surface area contributed by atoms with E-state index >= 15 is 0 Å². The van der Waals surface area contributed by atoms with E-state index in [1.807, 2.05) is 45.4 Å². The Hall–Kier alpha value is -2.13. The van der Waals surface area contributed by atoms with Gasteiger partial charge in [-0.15, -0.1) is 0 Å². The number of phosphoric ester groups is 1. The second kappa shape index (κ2) is 35.3. The summed E-state index contributed by atoms with van der Waals surface area (Å²) in [5.41, 5.74) is 0. The molecule has 0 aliphatic rings. The molecule has 0 bridgehead atoms. The number of nitrogens with zero attached hydrogens (tertiary/aromatic N) is 1. The summed E-state index contributed by atoms with van der Waals surface area (Å²) in [4.78, 5) is 36.9. The number of carbonyl (C=O) groups excluding carboxylic acids is 2. The van der Waals surface area contributed by atoms with Crippen molar-refractivity contribution < 1.29 is 37.7 Å². The predicted molar refractivity (Wildman–Crippen MR) is 224 cm³/mol. The van der Waals surface area contributed by atoms with Crippen molar-refractivity contribution in [2.45, 2.75) is 167 Å². The Kier molecular flexibility index (Phi) is 33.9. The molecule has 1 unspecified atom stereocenters. The lowest BCUT2D eigenvalue weighted by Crippen LogP contribution is -2.45. The van der Waals surface area contributed by atoms with Gasteiger partial charge in [-0.3, -0.25) is 14.2 Å². The molecule has 0 fully saturated rings. The lowest BCUT2D eigenvalue weighted by Gasteiger charge is -2.29. The van der Waals surface area contributed by atoms with Crippen LogP contribution in [0.5, 0.6) is 0 Å². The first-order valence-corrected chi connectivity index (χ1v) is 22.6.